The summed E-state index contributed by atoms with van der Waals surface area (Å²) in [6.07, 6.45) is 4.67. The zero-order valence-electron chi connectivity index (χ0n) is 13.6. The van der Waals surface area contributed by atoms with E-state index in [1.807, 2.05) is 0 Å². The van der Waals surface area contributed by atoms with E-state index in [0.717, 1.165) is 34.5 Å². The van der Waals surface area contributed by atoms with Gasteiger partial charge >= 0.3 is 23.9 Å². The molecule has 0 bridgehead atoms. The molecule has 1 aliphatic carbocycles. The number of carbonyl (C=O) groups excluding carboxylic acids is 4. The average molecular weight is 336 g/mol. The van der Waals surface area contributed by atoms with Crippen LogP contribution in [-0.2, 0) is 38.1 Å². The van der Waals surface area contributed by atoms with Gasteiger partial charge in [0.1, 0.15) is 0 Å². The largest absolute Gasteiger partial charge is 0.465 e. The number of carbonyl (C=O) groups is 4. The third kappa shape index (κ3) is 4.19. The van der Waals surface area contributed by atoms with Gasteiger partial charge in [-0.2, -0.15) is 0 Å². The van der Waals surface area contributed by atoms with Crippen molar-refractivity contribution in [2.24, 2.45) is 0 Å². The number of esters is 4. The molecule has 0 aliphatic heterocycles. The van der Waals surface area contributed by atoms with Gasteiger partial charge in [0.2, 0.25) is 0 Å². The van der Waals surface area contributed by atoms with Gasteiger partial charge in [0.25, 0.3) is 0 Å². The Labute approximate surface area is 138 Å². The fourth-order valence-electron chi connectivity index (χ4n) is 1.80. The van der Waals surface area contributed by atoms with Gasteiger partial charge in [-0.15, -0.1) is 0 Å². The second-order valence-corrected chi connectivity index (χ2v) is 4.33. The van der Waals surface area contributed by atoms with Gasteiger partial charge < -0.3 is 18.9 Å². The summed E-state index contributed by atoms with van der Waals surface area (Å²) in [7, 11) is 4.54. The monoisotopic (exact) mass is 336 g/mol. The van der Waals surface area contributed by atoms with Gasteiger partial charge in [-0.3, -0.25) is 0 Å². The molecule has 0 spiro atoms. The van der Waals surface area contributed by atoms with Crippen LogP contribution in [0.25, 0.3) is 0 Å². The fourth-order valence-corrected chi connectivity index (χ4v) is 1.80. The van der Waals surface area contributed by atoms with Crippen molar-refractivity contribution in [3.63, 3.8) is 0 Å². The van der Waals surface area contributed by atoms with Crippen LogP contribution in [0.1, 0.15) is 0 Å². The molecule has 0 saturated heterocycles. The van der Waals surface area contributed by atoms with Crippen LogP contribution in [0.5, 0.6) is 0 Å². The predicted octanol–water partition coefficient (Wildman–Crippen LogP) is 0.398. The summed E-state index contributed by atoms with van der Waals surface area (Å²) in [5.74, 6) is -3.28. The summed E-state index contributed by atoms with van der Waals surface area (Å²) in [6, 6.07) is 0. The van der Waals surface area contributed by atoms with Crippen LogP contribution in [0.2, 0.25) is 0 Å². The molecule has 1 rings (SSSR count). The molecule has 8 heteroatoms. The van der Waals surface area contributed by atoms with Crippen LogP contribution < -0.4 is 0 Å². The van der Waals surface area contributed by atoms with Gasteiger partial charge in [-0.1, -0.05) is 0 Å². The highest BCUT2D eigenvalue weighted by Gasteiger charge is 2.24. The molecule has 0 heterocycles. The van der Waals surface area contributed by atoms with Crippen LogP contribution in [0.15, 0.2) is 46.6 Å². The molecule has 1 aliphatic rings. The zero-order valence-corrected chi connectivity index (χ0v) is 13.6. The number of methoxy groups -OCH3 is 4. The van der Waals surface area contributed by atoms with E-state index >= 15 is 0 Å². The van der Waals surface area contributed by atoms with Crippen molar-refractivity contribution >= 4 is 23.9 Å². The Hall–Kier alpha value is -3.16. The Morgan fingerprint density at radius 1 is 0.583 bits per heavy atom. The van der Waals surface area contributed by atoms with Crippen molar-refractivity contribution in [1.82, 2.24) is 0 Å². The molecule has 8 nitrogen and oxygen atoms in total. The van der Waals surface area contributed by atoms with E-state index in [-0.39, 0.29) is 22.3 Å². The first kappa shape index (κ1) is 18.9. The highest BCUT2D eigenvalue weighted by Crippen LogP contribution is 2.21. The Balaban J connectivity index is 3.67. The lowest BCUT2D eigenvalue weighted by atomic mass is 9.99. The summed E-state index contributed by atoms with van der Waals surface area (Å²) >= 11 is 0. The molecular weight excluding hydrogens is 320 g/mol. The van der Waals surface area contributed by atoms with Crippen LogP contribution in [0, 0.1) is 0 Å². The van der Waals surface area contributed by atoms with Crippen LogP contribution in [-0.4, -0.2) is 52.3 Å². The minimum absolute atomic E-state index is 0.0283. The molecule has 24 heavy (non-hydrogen) atoms. The average Bonchev–Trinajstić information content (AvgIpc) is 2.59. The number of ether oxygens (including phenoxy) is 4. The van der Waals surface area contributed by atoms with Crippen molar-refractivity contribution < 1.29 is 38.1 Å². The maximum atomic E-state index is 12.0. The van der Waals surface area contributed by atoms with Crippen molar-refractivity contribution in [1.29, 1.82) is 0 Å². The van der Waals surface area contributed by atoms with Gasteiger partial charge in [-0.05, 0) is 24.3 Å². The predicted molar refractivity (Wildman–Crippen MR) is 80.4 cm³/mol. The molecule has 0 aromatic heterocycles. The standard InChI is InChI=1S/C16H16O8/c1-21-13(17)9-5-6-11(15(19)23-3)12(16(20)24-4)8-10(7-9)14(18)22-2/h5-8H,1-4H3/b6-5-,9-5?,9-7+,10-7?,10-8+,11-6?,12-8?,12-11-. The smallest absolute Gasteiger partial charge is 0.338 e. The second kappa shape index (κ2) is 8.47. The summed E-state index contributed by atoms with van der Waals surface area (Å²) in [5.41, 5.74) is -0.593. The summed E-state index contributed by atoms with van der Waals surface area (Å²) in [5, 5.41) is 0. The van der Waals surface area contributed by atoms with E-state index in [1.165, 1.54) is 18.2 Å². The third-order valence-electron chi connectivity index (χ3n) is 2.98. The highest BCUT2D eigenvalue weighted by molar-refractivity contribution is 6.07. The van der Waals surface area contributed by atoms with E-state index in [2.05, 4.69) is 18.9 Å². The van der Waals surface area contributed by atoms with Crippen LogP contribution in [0.3, 0.4) is 0 Å². The van der Waals surface area contributed by atoms with Crippen LogP contribution in [0.4, 0.5) is 0 Å². The third-order valence-corrected chi connectivity index (χ3v) is 2.98. The molecule has 128 valence electrons. The van der Waals surface area contributed by atoms with Gasteiger partial charge in [0, 0.05) is 0 Å². The Morgan fingerprint density at radius 3 is 1.54 bits per heavy atom. The molecule has 0 aromatic rings. The van der Waals surface area contributed by atoms with Crippen molar-refractivity contribution in [2.45, 2.75) is 0 Å². The molecule has 0 radical (unpaired) electrons. The highest BCUT2D eigenvalue weighted by atomic mass is 16.5. The van der Waals surface area contributed by atoms with E-state index < -0.39 is 23.9 Å². The molecule has 0 fully saturated rings. The molecule has 0 aromatic carbocycles. The summed E-state index contributed by atoms with van der Waals surface area (Å²) in [6.45, 7) is 0. The minimum atomic E-state index is -0.864. The van der Waals surface area contributed by atoms with Gasteiger partial charge in [0.05, 0.1) is 50.7 Å². The zero-order chi connectivity index (χ0) is 18.3. The quantitative estimate of drug-likeness (QED) is 0.536. The Bertz CT molecular complexity index is 691. The molecule has 0 atom stereocenters. The molecule has 0 N–H and O–H groups in total. The Morgan fingerprint density at radius 2 is 1.04 bits per heavy atom. The fraction of sp³-hybridized carbons (Fsp3) is 0.250. The first-order valence-electron chi connectivity index (χ1n) is 6.58. The summed E-state index contributed by atoms with van der Waals surface area (Å²) < 4.78 is 18.5. The summed E-state index contributed by atoms with van der Waals surface area (Å²) in [4.78, 5) is 47.5. The van der Waals surface area contributed by atoms with Gasteiger partial charge in [0.15, 0.2) is 0 Å². The number of hydrogen-bond donors (Lipinski definition) is 0. The molecule has 0 saturated carbocycles. The maximum Gasteiger partial charge on any atom is 0.338 e. The van der Waals surface area contributed by atoms with E-state index in [9.17, 15) is 19.2 Å². The maximum absolute atomic E-state index is 12.0. The van der Waals surface area contributed by atoms with Crippen molar-refractivity contribution in [3.05, 3.63) is 46.6 Å². The lowest BCUT2D eigenvalue weighted by molar-refractivity contribution is -0.138. The number of rotatable bonds is 4. The minimum Gasteiger partial charge on any atom is -0.465 e. The molecule has 0 unspecified atom stereocenters. The molecule has 0 amide bonds. The van der Waals surface area contributed by atoms with E-state index in [4.69, 9.17) is 0 Å². The van der Waals surface area contributed by atoms with Gasteiger partial charge in [-0.25, -0.2) is 19.2 Å². The van der Waals surface area contributed by atoms with E-state index in [1.54, 1.807) is 0 Å². The van der Waals surface area contributed by atoms with Crippen LogP contribution >= 0.6 is 0 Å². The lowest BCUT2D eigenvalue weighted by Crippen LogP contribution is -2.16. The van der Waals surface area contributed by atoms with Crippen molar-refractivity contribution in [2.75, 3.05) is 28.4 Å². The molecular formula is C16H16O8. The second-order valence-electron chi connectivity index (χ2n) is 4.33. The van der Waals surface area contributed by atoms with E-state index in [0.29, 0.717) is 0 Å². The Kier molecular flexibility index (Phi) is 6.66. The first-order valence-corrected chi connectivity index (χ1v) is 6.58. The lowest BCUT2D eigenvalue weighted by Gasteiger charge is -2.11. The number of hydrogen-bond acceptors (Lipinski definition) is 8. The normalized spacial score (nSPS) is 22.5. The SMILES string of the molecule is COC(=O)C1=C(C(=O)OC)/C=C(C(=O)OC)\C=C(C(=O)OC)/C=C\1. The first-order chi connectivity index (χ1) is 11.4. The topological polar surface area (TPSA) is 105 Å². The van der Waals surface area contributed by atoms with Crippen molar-refractivity contribution in [3.8, 4) is 0 Å².